The molecule has 0 aromatic heterocycles. The van der Waals surface area contributed by atoms with E-state index in [4.69, 9.17) is 10.5 Å². The summed E-state index contributed by atoms with van der Waals surface area (Å²) in [6, 6.07) is 8.71. The molecule has 0 spiro atoms. The maximum atomic E-state index is 5.85. The molecule has 1 saturated heterocycles. The van der Waals surface area contributed by atoms with Crippen LogP contribution in [-0.4, -0.2) is 26.3 Å². The summed E-state index contributed by atoms with van der Waals surface area (Å²) < 4.78 is 5.38. The van der Waals surface area contributed by atoms with Gasteiger partial charge in [-0.25, -0.2) is 0 Å². The van der Waals surface area contributed by atoms with Gasteiger partial charge >= 0.3 is 0 Å². The van der Waals surface area contributed by atoms with E-state index in [0.717, 1.165) is 25.9 Å². The van der Waals surface area contributed by atoms with Gasteiger partial charge in [0.1, 0.15) is 0 Å². The van der Waals surface area contributed by atoms with Gasteiger partial charge in [0.25, 0.3) is 0 Å². The fourth-order valence-electron chi connectivity index (χ4n) is 2.34. The third-order valence-corrected chi connectivity index (χ3v) is 3.56. The minimum Gasteiger partial charge on any atom is -0.381 e. The zero-order chi connectivity index (χ0) is 12.3. The lowest BCUT2D eigenvalue weighted by atomic mass is 10.1. The highest BCUT2D eigenvalue weighted by atomic mass is 16.5. The van der Waals surface area contributed by atoms with Gasteiger partial charge in [-0.2, -0.15) is 0 Å². The third-order valence-electron chi connectivity index (χ3n) is 3.56. The molecule has 1 unspecified atom stereocenters. The quantitative estimate of drug-likeness (QED) is 0.872. The van der Waals surface area contributed by atoms with E-state index in [1.807, 2.05) is 6.92 Å². The number of hydrogen-bond donors (Lipinski definition) is 1. The fourth-order valence-corrected chi connectivity index (χ4v) is 2.34. The third kappa shape index (κ3) is 2.99. The first-order chi connectivity index (χ1) is 8.20. The molecule has 3 nitrogen and oxygen atoms in total. The summed E-state index contributed by atoms with van der Waals surface area (Å²) in [7, 11) is 1.80. The average Bonchev–Trinajstić information content (AvgIpc) is 2.39. The molecule has 2 N–H and O–H groups in total. The van der Waals surface area contributed by atoms with Crippen LogP contribution >= 0.6 is 0 Å². The highest BCUT2D eigenvalue weighted by Crippen LogP contribution is 2.22. The van der Waals surface area contributed by atoms with Gasteiger partial charge in [-0.1, -0.05) is 12.1 Å². The molecule has 2 rings (SSSR count). The Labute approximate surface area is 104 Å². The second-order valence-corrected chi connectivity index (χ2v) is 4.80. The molecule has 0 amide bonds. The molecule has 3 heteroatoms. The number of ether oxygens (including phenoxy) is 1. The normalized spacial score (nSPS) is 19.4. The van der Waals surface area contributed by atoms with Crippen molar-refractivity contribution in [3.05, 3.63) is 29.8 Å². The summed E-state index contributed by atoms with van der Waals surface area (Å²) in [4.78, 5) is 2.42. The summed E-state index contributed by atoms with van der Waals surface area (Å²) in [6.07, 6.45) is 2.67. The number of rotatable bonds is 3. The van der Waals surface area contributed by atoms with Crippen molar-refractivity contribution in [1.82, 2.24) is 0 Å². The zero-order valence-corrected chi connectivity index (χ0v) is 10.7. The Hall–Kier alpha value is -1.06. The molecule has 1 aliphatic rings. The largest absolute Gasteiger partial charge is 0.381 e. The Morgan fingerprint density at radius 1 is 1.24 bits per heavy atom. The summed E-state index contributed by atoms with van der Waals surface area (Å²) in [6.45, 7) is 4.17. The Bertz CT molecular complexity index is 340. The van der Waals surface area contributed by atoms with E-state index in [1.165, 1.54) is 11.3 Å². The van der Waals surface area contributed by atoms with Crippen molar-refractivity contribution in [2.24, 2.45) is 5.73 Å². The van der Waals surface area contributed by atoms with Crippen LogP contribution < -0.4 is 10.6 Å². The molecule has 0 bridgehead atoms. The molecule has 1 aromatic carbocycles. The van der Waals surface area contributed by atoms with Crippen LogP contribution in [0.4, 0.5) is 5.69 Å². The number of anilines is 1. The van der Waals surface area contributed by atoms with Crippen LogP contribution in [0.2, 0.25) is 0 Å². The Morgan fingerprint density at radius 2 is 1.82 bits per heavy atom. The number of piperidine rings is 1. The highest BCUT2D eigenvalue weighted by Gasteiger charge is 2.18. The van der Waals surface area contributed by atoms with E-state index in [9.17, 15) is 0 Å². The molecule has 0 radical (unpaired) electrons. The van der Waals surface area contributed by atoms with Crippen LogP contribution in [-0.2, 0) is 4.74 Å². The summed E-state index contributed by atoms with van der Waals surface area (Å²) in [5.41, 5.74) is 8.34. The van der Waals surface area contributed by atoms with Gasteiger partial charge in [0.2, 0.25) is 0 Å². The molecule has 1 fully saturated rings. The van der Waals surface area contributed by atoms with Gasteiger partial charge in [-0.05, 0) is 37.5 Å². The van der Waals surface area contributed by atoms with E-state index in [0.29, 0.717) is 6.10 Å². The predicted octanol–water partition coefficient (Wildman–Crippen LogP) is 2.32. The summed E-state index contributed by atoms with van der Waals surface area (Å²) in [5, 5.41) is 0. The topological polar surface area (TPSA) is 38.5 Å². The highest BCUT2D eigenvalue weighted by molar-refractivity contribution is 5.48. The minimum atomic E-state index is 0.114. The second kappa shape index (κ2) is 5.52. The van der Waals surface area contributed by atoms with Gasteiger partial charge in [-0.3, -0.25) is 0 Å². The number of methoxy groups -OCH3 is 1. The van der Waals surface area contributed by atoms with E-state index >= 15 is 0 Å². The summed E-state index contributed by atoms with van der Waals surface area (Å²) in [5.74, 6) is 0. The smallest absolute Gasteiger partial charge is 0.0605 e. The maximum Gasteiger partial charge on any atom is 0.0605 e. The Balaban J connectivity index is 1.99. The van der Waals surface area contributed by atoms with Crippen LogP contribution in [0.1, 0.15) is 31.4 Å². The van der Waals surface area contributed by atoms with Crippen LogP contribution in [0.3, 0.4) is 0 Å². The molecule has 1 atom stereocenters. The molecular formula is C14H22N2O. The van der Waals surface area contributed by atoms with Crippen LogP contribution in [0.15, 0.2) is 24.3 Å². The lowest BCUT2D eigenvalue weighted by Crippen LogP contribution is -2.36. The zero-order valence-electron chi connectivity index (χ0n) is 10.7. The first-order valence-electron chi connectivity index (χ1n) is 6.34. The fraction of sp³-hybridized carbons (Fsp3) is 0.571. The molecule has 17 heavy (non-hydrogen) atoms. The minimum absolute atomic E-state index is 0.114. The number of benzene rings is 1. The SMILES string of the molecule is COC1CCN(c2ccc(C(C)N)cc2)CC1. The first-order valence-corrected chi connectivity index (χ1v) is 6.34. The monoisotopic (exact) mass is 234 g/mol. The van der Waals surface area contributed by atoms with Crippen molar-refractivity contribution in [3.8, 4) is 0 Å². The maximum absolute atomic E-state index is 5.85. The summed E-state index contributed by atoms with van der Waals surface area (Å²) >= 11 is 0. The van der Waals surface area contributed by atoms with Crippen molar-refractivity contribution in [3.63, 3.8) is 0 Å². The van der Waals surface area contributed by atoms with Gasteiger partial charge in [-0.15, -0.1) is 0 Å². The standard InChI is InChI=1S/C14H22N2O/c1-11(15)12-3-5-13(6-4-12)16-9-7-14(17-2)8-10-16/h3-6,11,14H,7-10,15H2,1-2H3. The van der Waals surface area contributed by atoms with Crippen LogP contribution in [0.25, 0.3) is 0 Å². The average molecular weight is 234 g/mol. The van der Waals surface area contributed by atoms with Gasteiger partial charge in [0.15, 0.2) is 0 Å². The van der Waals surface area contributed by atoms with Crippen molar-refractivity contribution >= 4 is 5.69 Å². The molecule has 1 aliphatic heterocycles. The first kappa shape index (κ1) is 12.4. The lowest BCUT2D eigenvalue weighted by molar-refractivity contribution is 0.0819. The van der Waals surface area contributed by atoms with Gasteiger partial charge < -0.3 is 15.4 Å². The van der Waals surface area contributed by atoms with Crippen LogP contribution in [0.5, 0.6) is 0 Å². The lowest BCUT2D eigenvalue weighted by Gasteiger charge is -2.33. The Kier molecular flexibility index (Phi) is 4.02. The molecular weight excluding hydrogens is 212 g/mol. The number of hydrogen-bond acceptors (Lipinski definition) is 3. The van der Waals surface area contributed by atoms with Crippen LogP contribution in [0, 0.1) is 0 Å². The Morgan fingerprint density at radius 3 is 2.29 bits per heavy atom. The number of nitrogens with zero attached hydrogens (tertiary/aromatic N) is 1. The van der Waals surface area contributed by atoms with Crippen molar-refractivity contribution < 1.29 is 4.74 Å². The van der Waals surface area contributed by atoms with E-state index in [-0.39, 0.29) is 6.04 Å². The molecule has 94 valence electrons. The number of nitrogens with two attached hydrogens (primary N) is 1. The molecule has 0 aliphatic carbocycles. The van der Waals surface area contributed by atoms with E-state index < -0.39 is 0 Å². The second-order valence-electron chi connectivity index (χ2n) is 4.80. The van der Waals surface area contributed by atoms with Gasteiger partial charge in [0, 0.05) is 31.9 Å². The molecule has 1 heterocycles. The molecule has 1 aromatic rings. The van der Waals surface area contributed by atoms with E-state index in [1.54, 1.807) is 7.11 Å². The van der Waals surface area contributed by atoms with Crippen molar-refractivity contribution in [1.29, 1.82) is 0 Å². The van der Waals surface area contributed by atoms with Crippen molar-refractivity contribution in [2.45, 2.75) is 31.9 Å². The van der Waals surface area contributed by atoms with Gasteiger partial charge in [0.05, 0.1) is 6.10 Å². The molecule has 0 saturated carbocycles. The predicted molar refractivity (Wildman–Crippen MR) is 71.3 cm³/mol. The van der Waals surface area contributed by atoms with Crippen molar-refractivity contribution in [2.75, 3.05) is 25.1 Å². The van der Waals surface area contributed by atoms with E-state index in [2.05, 4.69) is 29.2 Å².